The van der Waals surface area contributed by atoms with Crippen LogP contribution in [0.2, 0.25) is 0 Å². The highest BCUT2D eigenvalue weighted by Gasteiger charge is 2.26. The maximum Gasteiger partial charge on any atom is 0.322 e. The summed E-state index contributed by atoms with van der Waals surface area (Å²) < 4.78 is 31.5. The third kappa shape index (κ3) is 6.47. The number of anilines is 1. The second-order valence-electron chi connectivity index (χ2n) is 7.38. The van der Waals surface area contributed by atoms with E-state index in [1.54, 1.807) is 4.90 Å². The molecule has 1 heterocycles. The third-order valence-electron chi connectivity index (χ3n) is 4.71. The van der Waals surface area contributed by atoms with Crippen molar-refractivity contribution in [3.05, 3.63) is 59.7 Å². The molecule has 1 saturated heterocycles. The van der Waals surface area contributed by atoms with Gasteiger partial charge in [-0.25, -0.2) is 17.9 Å². The van der Waals surface area contributed by atoms with Gasteiger partial charge in [-0.2, -0.15) is 0 Å². The zero-order valence-electron chi connectivity index (χ0n) is 16.7. The lowest BCUT2D eigenvalue weighted by molar-refractivity contribution is 0.190. The van der Waals surface area contributed by atoms with Crippen LogP contribution in [0.4, 0.5) is 10.5 Å². The smallest absolute Gasteiger partial charge is 0.322 e. The average Bonchev–Trinajstić information content (AvgIpc) is 2.68. The summed E-state index contributed by atoms with van der Waals surface area (Å²) >= 11 is 0. The van der Waals surface area contributed by atoms with Gasteiger partial charge < -0.3 is 15.0 Å². The van der Waals surface area contributed by atoms with Gasteiger partial charge in [0.2, 0.25) is 10.0 Å². The molecule has 7 nitrogen and oxygen atoms in total. The molecule has 1 atom stereocenters. The molecule has 1 aliphatic rings. The minimum atomic E-state index is -3.31. The first-order valence-corrected chi connectivity index (χ1v) is 11.5. The molecular formula is C21H27N3O4S. The Kier molecular flexibility index (Phi) is 6.76. The molecule has 1 fully saturated rings. The lowest BCUT2D eigenvalue weighted by atomic mass is 10.1. The van der Waals surface area contributed by atoms with Crippen LogP contribution in [-0.4, -0.2) is 44.7 Å². The Balaban J connectivity index is 1.66. The molecular weight excluding hydrogens is 390 g/mol. The van der Waals surface area contributed by atoms with E-state index in [-0.39, 0.29) is 12.1 Å². The summed E-state index contributed by atoms with van der Waals surface area (Å²) in [6, 6.07) is 14.9. The number of ether oxygens (including phenoxy) is 1. The largest absolute Gasteiger partial charge is 0.487 e. The zero-order valence-corrected chi connectivity index (χ0v) is 17.5. The van der Waals surface area contributed by atoms with Crippen molar-refractivity contribution in [2.45, 2.75) is 32.4 Å². The van der Waals surface area contributed by atoms with Crippen molar-refractivity contribution < 1.29 is 17.9 Å². The summed E-state index contributed by atoms with van der Waals surface area (Å²) in [6.07, 6.45) is 2.59. The summed E-state index contributed by atoms with van der Waals surface area (Å²) in [7, 11) is -3.31. The fourth-order valence-corrected chi connectivity index (χ4v) is 4.14. The topological polar surface area (TPSA) is 87.7 Å². The molecule has 0 radical (unpaired) electrons. The van der Waals surface area contributed by atoms with E-state index in [1.165, 1.54) is 0 Å². The van der Waals surface area contributed by atoms with Crippen LogP contribution in [0.15, 0.2) is 48.5 Å². The van der Waals surface area contributed by atoms with Crippen LogP contribution in [0.5, 0.6) is 5.75 Å². The molecule has 8 heteroatoms. The molecule has 29 heavy (non-hydrogen) atoms. The third-order valence-corrected chi connectivity index (χ3v) is 5.47. The molecule has 3 rings (SSSR count). The highest BCUT2D eigenvalue weighted by molar-refractivity contribution is 7.88. The lowest BCUT2D eigenvalue weighted by Crippen LogP contribution is -2.50. The molecule has 0 aromatic heterocycles. The molecule has 0 spiro atoms. The van der Waals surface area contributed by atoms with Gasteiger partial charge in [-0.3, -0.25) is 0 Å². The van der Waals surface area contributed by atoms with E-state index in [9.17, 15) is 13.2 Å². The number of amides is 2. The molecule has 2 amide bonds. The second kappa shape index (κ2) is 9.28. The number of benzene rings is 2. The number of piperidine rings is 1. The molecule has 1 aliphatic heterocycles. The number of carbonyl (C=O) groups excluding carboxylic acids is 1. The minimum absolute atomic E-state index is 0.265. The van der Waals surface area contributed by atoms with Gasteiger partial charge in [0.25, 0.3) is 0 Å². The van der Waals surface area contributed by atoms with E-state index in [0.717, 1.165) is 23.8 Å². The summed E-state index contributed by atoms with van der Waals surface area (Å²) in [6.45, 7) is 3.29. The van der Waals surface area contributed by atoms with E-state index >= 15 is 0 Å². The predicted molar refractivity (Wildman–Crippen MR) is 114 cm³/mol. The fourth-order valence-electron chi connectivity index (χ4n) is 3.34. The van der Waals surface area contributed by atoms with E-state index in [1.807, 2.05) is 55.5 Å². The Morgan fingerprint density at radius 1 is 1.21 bits per heavy atom. The first-order chi connectivity index (χ1) is 13.8. The molecule has 2 aromatic rings. The average molecular weight is 418 g/mol. The number of likely N-dealkylation sites (tertiary alicyclic amines) is 1. The Morgan fingerprint density at radius 2 is 1.97 bits per heavy atom. The zero-order chi connectivity index (χ0) is 20.9. The van der Waals surface area contributed by atoms with E-state index in [0.29, 0.717) is 37.6 Å². The first-order valence-electron chi connectivity index (χ1n) is 9.61. The van der Waals surface area contributed by atoms with Crippen LogP contribution in [0.1, 0.15) is 24.0 Å². The van der Waals surface area contributed by atoms with Crippen LogP contribution in [0.25, 0.3) is 0 Å². The van der Waals surface area contributed by atoms with Crippen molar-refractivity contribution in [2.24, 2.45) is 0 Å². The molecule has 2 aromatic carbocycles. The van der Waals surface area contributed by atoms with Crippen molar-refractivity contribution in [1.82, 2.24) is 9.62 Å². The normalized spacial score (nSPS) is 17.0. The first kappa shape index (κ1) is 21.1. The molecule has 0 aliphatic carbocycles. The Morgan fingerprint density at radius 3 is 2.69 bits per heavy atom. The number of aryl methyl sites for hydroxylation is 1. The standard InChI is InChI=1S/C21H27N3O4S/c1-16-10-11-19(20(13-16)28-15-17-7-4-3-5-8-17)22-21(25)24-12-6-9-18(14-24)23-29(2,26)27/h3-5,7-8,10-11,13,18,23H,6,9,12,14-15H2,1-2H3,(H,22,25)/t18-/m1/s1. The lowest BCUT2D eigenvalue weighted by Gasteiger charge is -2.32. The maximum absolute atomic E-state index is 12.8. The van der Waals surface area contributed by atoms with Crippen molar-refractivity contribution in [1.29, 1.82) is 0 Å². The highest BCUT2D eigenvalue weighted by atomic mass is 32.2. The number of urea groups is 1. The number of nitrogens with zero attached hydrogens (tertiary/aromatic N) is 1. The van der Waals surface area contributed by atoms with Crippen molar-refractivity contribution in [2.75, 3.05) is 24.7 Å². The monoisotopic (exact) mass is 417 g/mol. The molecule has 0 unspecified atom stereocenters. The van der Waals surface area contributed by atoms with Gasteiger partial charge in [-0.1, -0.05) is 36.4 Å². The van der Waals surface area contributed by atoms with Gasteiger partial charge in [0.15, 0.2) is 0 Å². The van der Waals surface area contributed by atoms with Crippen molar-refractivity contribution in [3.63, 3.8) is 0 Å². The van der Waals surface area contributed by atoms with E-state index < -0.39 is 10.0 Å². The van der Waals surface area contributed by atoms with Crippen LogP contribution in [0, 0.1) is 6.92 Å². The predicted octanol–water partition coefficient (Wildman–Crippen LogP) is 3.12. The molecule has 0 bridgehead atoms. The number of nitrogens with one attached hydrogen (secondary N) is 2. The second-order valence-corrected chi connectivity index (χ2v) is 9.16. The van der Waals surface area contributed by atoms with Gasteiger partial charge in [0, 0.05) is 19.1 Å². The van der Waals surface area contributed by atoms with Crippen molar-refractivity contribution >= 4 is 21.7 Å². The summed E-state index contributed by atoms with van der Waals surface area (Å²) in [5.41, 5.74) is 2.66. The van der Waals surface area contributed by atoms with Gasteiger partial charge in [0.05, 0.1) is 11.9 Å². The van der Waals surface area contributed by atoms with Gasteiger partial charge in [0.1, 0.15) is 12.4 Å². The molecule has 156 valence electrons. The van der Waals surface area contributed by atoms with Gasteiger partial charge in [-0.15, -0.1) is 0 Å². The van der Waals surface area contributed by atoms with Crippen LogP contribution in [0.3, 0.4) is 0 Å². The molecule has 2 N–H and O–H groups in total. The fraction of sp³-hybridized carbons (Fsp3) is 0.381. The Bertz CT molecular complexity index is 948. The summed E-state index contributed by atoms with van der Waals surface area (Å²) in [5, 5.41) is 2.91. The maximum atomic E-state index is 12.8. The van der Waals surface area contributed by atoms with Crippen LogP contribution >= 0.6 is 0 Å². The van der Waals surface area contributed by atoms with Crippen molar-refractivity contribution in [3.8, 4) is 5.75 Å². The minimum Gasteiger partial charge on any atom is -0.487 e. The van der Waals surface area contributed by atoms with Gasteiger partial charge >= 0.3 is 6.03 Å². The number of hydrogen-bond acceptors (Lipinski definition) is 4. The van der Waals surface area contributed by atoms with Crippen LogP contribution < -0.4 is 14.8 Å². The van der Waals surface area contributed by atoms with E-state index in [2.05, 4.69) is 10.0 Å². The van der Waals surface area contributed by atoms with Gasteiger partial charge in [-0.05, 0) is 43.0 Å². The van der Waals surface area contributed by atoms with E-state index in [4.69, 9.17) is 4.74 Å². The summed E-state index contributed by atoms with van der Waals surface area (Å²) in [4.78, 5) is 14.4. The summed E-state index contributed by atoms with van der Waals surface area (Å²) in [5.74, 6) is 0.602. The van der Waals surface area contributed by atoms with Crippen LogP contribution in [-0.2, 0) is 16.6 Å². The Hall–Kier alpha value is -2.58. The number of rotatable bonds is 6. The Labute approximate surface area is 172 Å². The quantitative estimate of drug-likeness (QED) is 0.756. The highest BCUT2D eigenvalue weighted by Crippen LogP contribution is 2.27. The molecule has 0 saturated carbocycles. The number of carbonyl (C=O) groups is 1. The SMILES string of the molecule is Cc1ccc(NC(=O)N2CCC[C@@H](NS(C)(=O)=O)C2)c(OCc2ccccc2)c1. The number of hydrogen-bond donors (Lipinski definition) is 2. The number of sulfonamides is 1.